The minimum Gasteiger partial charge on any atom is -0.397 e. The maximum absolute atomic E-state index is 11.9. The Hall–Kier alpha value is -1.80. The van der Waals surface area contributed by atoms with Crippen molar-refractivity contribution in [2.45, 2.75) is 13.0 Å². The Morgan fingerprint density at radius 3 is 2.57 bits per heavy atom. The van der Waals surface area contributed by atoms with Crippen molar-refractivity contribution in [1.82, 2.24) is 10.2 Å². The molecule has 7 nitrogen and oxygen atoms in total. The number of amides is 2. The predicted molar refractivity (Wildman–Crippen MR) is 84.9 cm³/mol. The first kappa shape index (κ1) is 15.6. The molecule has 0 radical (unpaired) electrons. The number of rotatable bonds is 3. The van der Waals surface area contributed by atoms with Crippen LogP contribution in [0.3, 0.4) is 0 Å². The largest absolute Gasteiger partial charge is 0.397 e. The molecule has 0 saturated carbocycles. The first-order valence-corrected chi connectivity index (χ1v) is 7.57. The van der Waals surface area contributed by atoms with Crippen molar-refractivity contribution in [1.29, 1.82) is 0 Å². The van der Waals surface area contributed by atoms with Gasteiger partial charge in [0, 0.05) is 32.7 Å². The fourth-order valence-electron chi connectivity index (χ4n) is 2.60. The second kappa shape index (κ2) is 5.90. The molecule has 116 valence electrons. The highest BCUT2D eigenvalue weighted by molar-refractivity contribution is 7.19. The maximum atomic E-state index is 11.9. The minimum absolute atomic E-state index is 0.174. The first-order chi connectivity index (χ1) is 9.86. The Morgan fingerprint density at radius 2 is 2.05 bits per heavy atom. The van der Waals surface area contributed by atoms with Crippen molar-refractivity contribution in [2.24, 2.45) is 5.73 Å². The zero-order valence-electron chi connectivity index (χ0n) is 12.5. The van der Waals surface area contributed by atoms with Gasteiger partial charge in [-0.05, 0) is 14.0 Å². The van der Waals surface area contributed by atoms with Crippen molar-refractivity contribution in [3.63, 3.8) is 0 Å². The van der Waals surface area contributed by atoms with E-state index in [0.29, 0.717) is 9.88 Å². The molecule has 1 aliphatic rings. The van der Waals surface area contributed by atoms with Crippen LogP contribution < -0.4 is 21.7 Å². The number of carbonyl (C=O) groups excluding carboxylic acids is 2. The SMILES string of the molecule is CNC(=O)c1sc(N2CCN(C)CC2C)c(C(N)=O)c1N. The van der Waals surface area contributed by atoms with Crippen LogP contribution in [0, 0.1) is 0 Å². The number of anilines is 2. The van der Waals surface area contributed by atoms with E-state index < -0.39 is 5.91 Å². The molecular formula is C13H21N5O2S. The lowest BCUT2D eigenvalue weighted by atomic mass is 10.1. The molecule has 1 aromatic heterocycles. The fourth-order valence-corrected chi connectivity index (χ4v) is 3.90. The van der Waals surface area contributed by atoms with Gasteiger partial charge in [0.05, 0.1) is 11.3 Å². The lowest BCUT2D eigenvalue weighted by Crippen LogP contribution is -2.50. The standard InChI is InChI=1S/C13H21N5O2S/c1-7-6-17(3)4-5-18(7)13-8(11(15)19)9(14)10(21-13)12(20)16-2/h7H,4-6,14H2,1-3H3,(H2,15,19)(H,16,20). The van der Waals surface area contributed by atoms with Gasteiger partial charge >= 0.3 is 0 Å². The third-order valence-electron chi connectivity index (χ3n) is 3.70. The first-order valence-electron chi connectivity index (χ1n) is 6.76. The van der Waals surface area contributed by atoms with Gasteiger partial charge in [0.2, 0.25) is 0 Å². The third-order valence-corrected chi connectivity index (χ3v) is 4.94. The molecule has 2 heterocycles. The van der Waals surface area contributed by atoms with Gasteiger partial charge in [-0.15, -0.1) is 11.3 Å². The van der Waals surface area contributed by atoms with Gasteiger partial charge in [-0.2, -0.15) is 0 Å². The summed E-state index contributed by atoms with van der Waals surface area (Å²) in [6.45, 7) is 4.61. The Labute approximate surface area is 127 Å². The van der Waals surface area contributed by atoms with Crippen LogP contribution in [0.4, 0.5) is 10.7 Å². The number of nitrogen functional groups attached to an aromatic ring is 1. The summed E-state index contributed by atoms with van der Waals surface area (Å²) >= 11 is 1.23. The number of carbonyl (C=O) groups is 2. The van der Waals surface area contributed by atoms with Crippen LogP contribution in [0.25, 0.3) is 0 Å². The molecule has 5 N–H and O–H groups in total. The van der Waals surface area contributed by atoms with Gasteiger partial charge in [-0.3, -0.25) is 9.59 Å². The second-order valence-corrected chi connectivity index (χ2v) is 6.27. The van der Waals surface area contributed by atoms with Crippen LogP contribution in [-0.2, 0) is 0 Å². The maximum Gasteiger partial charge on any atom is 0.263 e. The molecule has 0 bridgehead atoms. The summed E-state index contributed by atoms with van der Waals surface area (Å²) < 4.78 is 0. The Bertz CT molecular complexity index is 571. The Balaban J connectivity index is 2.47. The number of likely N-dealkylation sites (N-methyl/N-ethyl adjacent to an activating group) is 1. The van der Waals surface area contributed by atoms with E-state index in [2.05, 4.69) is 29.1 Å². The molecule has 21 heavy (non-hydrogen) atoms. The zero-order valence-corrected chi connectivity index (χ0v) is 13.3. The Morgan fingerprint density at radius 1 is 1.38 bits per heavy atom. The van der Waals surface area contributed by atoms with Crippen LogP contribution in [0.15, 0.2) is 0 Å². The summed E-state index contributed by atoms with van der Waals surface area (Å²) in [4.78, 5) is 28.3. The number of primary amides is 1. The van der Waals surface area contributed by atoms with Crippen molar-refractivity contribution in [3.05, 3.63) is 10.4 Å². The number of nitrogens with zero attached hydrogens (tertiary/aromatic N) is 2. The number of nitrogens with one attached hydrogen (secondary N) is 1. The van der Waals surface area contributed by atoms with Crippen molar-refractivity contribution in [3.8, 4) is 0 Å². The van der Waals surface area contributed by atoms with Gasteiger partial charge < -0.3 is 26.6 Å². The fraction of sp³-hybridized carbons (Fsp3) is 0.538. The van der Waals surface area contributed by atoms with Crippen LogP contribution in [0.2, 0.25) is 0 Å². The monoisotopic (exact) mass is 311 g/mol. The van der Waals surface area contributed by atoms with E-state index in [4.69, 9.17) is 11.5 Å². The van der Waals surface area contributed by atoms with E-state index in [1.807, 2.05) is 0 Å². The number of hydrogen-bond donors (Lipinski definition) is 3. The summed E-state index contributed by atoms with van der Waals surface area (Å²) in [5.74, 6) is -0.895. The normalized spacial score (nSPS) is 19.6. The predicted octanol–water partition coefficient (Wildman–Crippen LogP) is -0.0709. The summed E-state index contributed by atoms with van der Waals surface area (Å²) in [6, 6.07) is 0.220. The lowest BCUT2D eigenvalue weighted by molar-refractivity contribution is 0.0967. The highest BCUT2D eigenvalue weighted by Crippen LogP contribution is 2.39. The van der Waals surface area contributed by atoms with Gasteiger partial charge in [-0.1, -0.05) is 0 Å². The van der Waals surface area contributed by atoms with E-state index in [1.165, 1.54) is 18.4 Å². The molecule has 1 saturated heterocycles. The molecule has 8 heteroatoms. The van der Waals surface area contributed by atoms with Gasteiger partial charge in [0.25, 0.3) is 11.8 Å². The van der Waals surface area contributed by atoms with Gasteiger partial charge in [0.15, 0.2) is 0 Å². The molecular weight excluding hydrogens is 290 g/mol. The van der Waals surface area contributed by atoms with E-state index >= 15 is 0 Å². The van der Waals surface area contributed by atoms with E-state index in [-0.39, 0.29) is 23.2 Å². The van der Waals surface area contributed by atoms with E-state index in [0.717, 1.165) is 19.6 Å². The third kappa shape index (κ3) is 2.81. The molecule has 0 aliphatic carbocycles. The van der Waals surface area contributed by atoms with Crippen molar-refractivity contribution >= 4 is 33.8 Å². The van der Waals surface area contributed by atoms with E-state index in [1.54, 1.807) is 0 Å². The summed E-state index contributed by atoms with van der Waals surface area (Å²) in [5.41, 5.74) is 11.9. The Kier molecular flexibility index (Phi) is 4.38. The van der Waals surface area contributed by atoms with Crippen LogP contribution in [0.5, 0.6) is 0 Å². The molecule has 1 atom stereocenters. The molecule has 1 aromatic rings. The highest BCUT2D eigenvalue weighted by atomic mass is 32.1. The van der Waals surface area contributed by atoms with Crippen LogP contribution in [0.1, 0.15) is 27.0 Å². The molecule has 1 unspecified atom stereocenters. The van der Waals surface area contributed by atoms with Gasteiger partial charge in [0.1, 0.15) is 9.88 Å². The smallest absolute Gasteiger partial charge is 0.263 e. The number of thiophene rings is 1. The zero-order chi connectivity index (χ0) is 15.7. The molecule has 0 aromatic carbocycles. The molecule has 1 aliphatic heterocycles. The average Bonchev–Trinajstić information content (AvgIpc) is 2.75. The summed E-state index contributed by atoms with van der Waals surface area (Å²) in [7, 11) is 3.59. The number of piperazine rings is 1. The quantitative estimate of drug-likeness (QED) is 0.725. The molecule has 2 rings (SSSR count). The van der Waals surface area contributed by atoms with E-state index in [9.17, 15) is 9.59 Å². The van der Waals surface area contributed by atoms with Crippen molar-refractivity contribution < 1.29 is 9.59 Å². The molecule has 1 fully saturated rings. The molecule has 0 spiro atoms. The number of nitrogens with two attached hydrogens (primary N) is 2. The van der Waals surface area contributed by atoms with Crippen LogP contribution >= 0.6 is 11.3 Å². The summed E-state index contributed by atoms with van der Waals surface area (Å²) in [6.07, 6.45) is 0. The second-order valence-electron chi connectivity index (χ2n) is 5.27. The topological polar surface area (TPSA) is 105 Å². The van der Waals surface area contributed by atoms with Crippen molar-refractivity contribution in [2.75, 3.05) is 44.4 Å². The minimum atomic E-state index is -0.597. The lowest BCUT2D eigenvalue weighted by Gasteiger charge is -2.39. The number of hydrogen-bond acceptors (Lipinski definition) is 6. The summed E-state index contributed by atoms with van der Waals surface area (Å²) in [5, 5.41) is 3.23. The highest BCUT2D eigenvalue weighted by Gasteiger charge is 2.31. The van der Waals surface area contributed by atoms with Gasteiger partial charge in [-0.25, -0.2) is 0 Å². The molecule has 2 amide bonds. The average molecular weight is 311 g/mol. The van der Waals surface area contributed by atoms with Crippen LogP contribution in [-0.4, -0.2) is 56.5 Å².